The number of ether oxygens (including phenoxy) is 1. The topological polar surface area (TPSA) is 90.9 Å². The van der Waals surface area contributed by atoms with Gasteiger partial charge >= 0.3 is 12.8 Å². The summed E-state index contributed by atoms with van der Waals surface area (Å²) in [6.07, 6.45) is 0. The van der Waals surface area contributed by atoms with E-state index in [0.717, 1.165) is 11.4 Å². The van der Waals surface area contributed by atoms with Crippen molar-refractivity contribution in [3.8, 4) is 0 Å². The van der Waals surface area contributed by atoms with Crippen LogP contribution in [0.3, 0.4) is 0 Å². The van der Waals surface area contributed by atoms with Crippen LogP contribution in [0.4, 0.5) is 0 Å². The van der Waals surface area contributed by atoms with Gasteiger partial charge in [-0.1, -0.05) is 0 Å². The maximum atomic E-state index is 12.1. The SMILES string of the molecule is CCOC(=O)C(C)NC(=O)CSP(=O)(OCC)OCC. The molecular formula is C11H22NO6PS. The lowest BCUT2D eigenvalue weighted by Gasteiger charge is -2.16. The number of carbonyl (C=O) groups is 2. The van der Waals surface area contributed by atoms with E-state index >= 15 is 0 Å². The molecule has 0 saturated carbocycles. The third-order valence-corrected chi connectivity index (χ3v) is 5.77. The first-order valence-electron chi connectivity index (χ1n) is 6.38. The fourth-order valence-electron chi connectivity index (χ4n) is 1.18. The fourth-order valence-corrected chi connectivity index (χ4v) is 4.30. The summed E-state index contributed by atoms with van der Waals surface area (Å²) in [4.78, 5) is 23.0. The second kappa shape index (κ2) is 10.2. The molecule has 118 valence electrons. The van der Waals surface area contributed by atoms with Gasteiger partial charge < -0.3 is 19.1 Å². The zero-order valence-corrected chi connectivity index (χ0v) is 13.9. The van der Waals surface area contributed by atoms with Gasteiger partial charge in [0.15, 0.2) is 0 Å². The van der Waals surface area contributed by atoms with Crippen molar-refractivity contribution in [3.05, 3.63) is 0 Å². The van der Waals surface area contributed by atoms with E-state index in [1.807, 2.05) is 0 Å². The van der Waals surface area contributed by atoms with Crippen LogP contribution in [0, 0.1) is 0 Å². The van der Waals surface area contributed by atoms with E-state index in [1.54, 1.807) is 20.8 Å². The van der Waals surface area contributed by atoms with Crippen molar-refractivity contribution in [2.45, 2.75) is 33.7 Å². The van der Waals surface area contributed by atoms with Gasteiger partial charge in [-0.25, -0.2) is 9.36 Å². The number of hydrogen-bond donors (Lipinski definition) is 1. The molecule has 7 nitrogen and oxygen atoms in total. The lowest BCUT2D eigenvalue weighted by Crippen LogP contribution is -2.40. The highest BCUT2D eigenvalue weighted by Gasteiger charge is 2.26. The van der Waals surface area contributed by atoms with Gasteiger partial charge in [0.2, 0.25) is 5.91 Å². The zero-order valence-electron chi connectivity index (χ0n) is 12.2. The molecule has 0 radical (unpaired) electrons. The minimum absolute atomic E-state index is 0.124. The van der Waals surface area contributed by atoms with Crippen molar-refractivity contribution in [1.82, 2.24) is 5.32 Å². The number of rotatable bonds is 10. The van der Waals surface area contributed by atoms with Crippen LogP contribution in [0.5, 0.6) is 0 Å². The molecule has 0 aromatic heterocycles. The summed E-state index contributed by atoms with van der Waals surface area (Å²) in [7, 11) is 0. The minimum atomic E-state index is -3.31. The highest BCUT2D eigenvalue weighted by molar-refractivity contribution is 8.55. The standard InChI is InChI=1S/C11H22NO6PS/c1-5-16-11(14)9(4)12-10(13)8-20-19(15,17-6-2)18-7-3/h9H,5-8H2,1-4H3,(H,12,13). The van der Waals surface area contributed by atoms with Gasteiger partial charge in [-0.15, -0.1) is 0 Å². The summed E-state index contributed by atoms with van der Waals surface area (Å²) >= 11 is 0.795. The molecule has 1 unspecified atom stereocenters. The zero-order chi connectivity index (χ0) is 15.6. The minimum Gasteiger partial charge on any atom is -0.464 e. The molecule has 1 N–H and O–H groups in total. The van der Waals surface area contributed by atoms with E-state index in [4.69, 9.17) is 13.8 Å². The summed E-state index contributed by atoms with van der Waals surface area (Å²) in [5.74, 6) is -1.07. The summed E-state index contributed by atoms with van der Waals surface area (Å²) in [5.41, 5.74) is 0. The Morgan fingerprint density at radius 2 is 1.70 bits per heavy atom. The van der Waals surface area contributed by atoms with Crippen LogP contribution in [0.2, 0.25) is 0 Å². The molecular weight excluding hydrogens is 305 g/mol. The van der Waals surface area contributed by atoms with Gasteiger partial charge in [0, 0.05) is 0 Å². The van der Waals surface area contributed by atoms with Gasteiger partial charge in [0.25, 0.3) is 0 Å². The van der Waals surface area contributed by atoms with Gasteiger partial charge in [-0.2, -0.15) is 0 Å². The van der Waals surface area contributed by atoms with E-state index < -0.39 is 24.7 Å². The Bertz CT molecular complexity index is 355. The average molecular weight is 327 g/mol. The average Bonchev–Trinajstić information content (AvgIpc) is 2.37. The third-order valence-electron chi connectivity index (χ3n) is 1.95. The molecule has 0 heterocycles. The van der Waals surface area contributed by atoms with Gasteiger partial charge in [-0.3, -0.25) is 4.79 Å². The van der Waals surface area contributed by atoms with Crippen molar-refractivity contribution in [2.24, 2.45) is 0 Å². The van der Waals surface area contributed by atoms with Crippen LogP contribution >= 0.6 is 18.2 Å². The molecule has 0 aliphatic heterocycles. The highest BCUT2D eigenvalue weighted by Crippen LogP contribution is 2.60. The van der Waals surface area contributed by atoms with Crippen LogP contribution < -0.4 is 5.32 Å². The Morgan fingerprint density at radius 1 is 1.15 bits per heavy atom. The number of esters is 1. The van der Waals surface area contributed by atoms with Crippen LogP contribution in [-0.4, -0.2) is 43.5 Å². The molecule has 1 atom stereocenters. The predicted molar refractivity (Wildman–Crippen MR) is 77.6 cm³/mol. The second-order valence-electron chi connectivity index (χ2n) is 3.60. The van der Waals surface area contributed by atoms with Crippen molar-refractivity contribution in [3.63, 3.8) is 0 Å². The molecule has 9 heteroatoms. The molecule has 20 heavy (non-hydrogen) atoms. The van der Waals surface area contributed by atoms with Crippen LogP contribution in [-0.2, 0) is 27.9 Å². The summed E-state index contributed by atoms with van der Waals surface area (Å²) < 4.78 is 26.9. The van der Waals surface area contributed by atoms with Crippen molar-refractivity contribution >= 4 is 30.1 Å². The molecule has 0 aliphatic carbocycles. The van der Waals surface area contributed by atoms with Gasteiger partial charge in [0.05, 0.1) is 25.6 Å². The van der Waals surface area contributed by atoms with E-state index in [9.17, 15) is 14.2 Å². The first-order valence-corrected chi connectivity index (χ1v) is 9.51. The Hall–Kier alpha value is -0.560. The molecule has 0 bridgehead atoms. The molecule has 0 rings (SSSR count). The van der Waals surface area contributed by atoms with E-state index in [2.05, 4.69) is 5.32 Å². The fraction of sp³-hybridized carbons (Fsp3) is 0.818. The third kappa shape index (κ3) is 7.89. The highest BCUT2D eigenvalue weighted by atomic mass is 32.7. The van der Waals surface area contributed by atoms with E-state index in [0.29, 0.717) is 0 Å². The van der Waals surface area contributed by atoms with Crippen LogP contribution in [0.1, 0.15) is 27.7 Å². The molecule has 1 amide bonds. The summed E-state index contributed by atoms with van der Waals surface area (Å²) in [6, 6.07) is -0.748. The smallest absolute Gasteiger partial charge is 0.389 e. The first-order chi connectivity index (χ1) is 9.38. The maximum Gasteiger partial charge on any atom is 0.389 e. The van der Waals surface area contributed by atoms with Crippen LogP contribution in [0.15, 0.2) is 0 Å². The van der Waals surface area contributed by atoms with Crippen LogP contribution in [0.25, 0.3) is 0 Å². The Morgan fingerprint density at radius 3 is 2.15 bits per heavy atom. The molecule has 0 saturated heterocycles. The Kier molecular flexibility index (Phi) is 9.92. The lowest BCUT2D eigenvalue weighted by atomic mass is 10.3. The van der Waals surface area contributed by atoms with Crippen molar-refractivity contribution in [2.75, 3.05) is 25.6 Å². The van der Waals surface area contributed by atoms with Gasteiger partial charge in [0.1, 0.15) is 6.04 Å². The predicted octanol–water partition coefficient (Wildman–Crippen LogP) is 1.97. The molecule has 0 aromatic rings. The Balaban J connectivity index is 4.26. The lowest BCUT2D eigenvalue weighted by molar-refractivity contribution is -0.146. The van der Waals surface area contributed by atoms with Crippen molar-refractivity contribution in [1.29, 1.82) is 0 Å². The molecule has 0 aliphatic rings. The molecule has 0 aromatic carbocycles. The quantitative estimate of drug-likeness (QED) is 0.484. The summed E-state index contributed by atoms with van der Waals surface area (Å²) in [6.45, 7) is 3.97. The summed E-state index contributed by atoms with van der Waals surface area (Å²) in [5, 5.41) is 2.45. The molecule has 0 spiro atoms. The number of hydrogen-bond acceptors (Lipinski definition) is 7. The monoisotopic (exact) mass is 327 g/mol. The van der Waals surface area contributed by atoms with E-state index in [1.165, 1.54) is 6.92 Å². The number of carbonyl (C=O) groups excluding carboxylic acids is 2. The maximum absolute atomic E-state index is 12.1. The number of amides is 1. The number of nitrogens with one attached hydrogen (secondary N) is 1. The van der Waals surface area contributed by atoms with Gasteiger partial charge in [-0.05, 0) is 39.1 Å². The van der Waals surface area contributed by atoms with E-state index in [-0.39, 0.29) is 25.6 Å². The van der Waals surface area contributed by atoms with Crippen molar-refractivity contribution < 1.29 is 27.9 Å². The normalized spacial score (nSPS) is 12.8. The largest absolute Gasteiger partial charge is 0.464 e. The second-order valence-corrected chi connectivity index (χ2v) is 7.67. The first kappa shape index (κ1) is 19.4. The Labute approximate surface area is 123 Å². The molecule has 0 fully saturated rings.